The molecule has 2 N–H and O–H groups in total. The fraction of sp³-hybridized carbons (Fsp3) is 0.200. The van der Waals surface area contributed by atoms with Gasteiger partial charge in [-0.1, -0.05) is 50.1 Å². The van der Waals surface area contributed by atoms with Gasteiger partial charge < -0.3 is 0 Å². The van der Waals surface area contributed by atoms with Crippen molar-refractivity contribution in [2.45, 2.75) is 24.7 Å². The average Bonchev–Trinajstić information content (AvgIpc) is 2.63. The van der Waals surface area contributed by atoms with Gasteiger partial charge in [0.1, 0.15) is 6.42 Å². The molecule has 0 bridgehead atoms. The van der Waals surface area contributed by atoms with Gasteiger partial charge in [-0.2, -0.15) is 26.3 Å². The van der Waals surface area contributed by atoms with Crippen molar-refractivity contribution in [1.29, 1.82) is 0 Å². The SMILES string of the molecule is O=C(CC(F)(F)F)NNC(=O)c1ccc(C=CC(c2cc(Br)cc(Br)c2)C(F)(F)F)cc1Br. The van der Waals surface area contributed by atoms with E-state index in [2.05, 4.69) is 47.8 Å². The lowest BCUT2D eigenvalue weighted by Crippen LogP contribution is -2.43. The molecule has 1 unspecified atom stereocenters. The van der Waals surface area contributed by atoms with Gasteiger partial charge in [0, 0.05) is 13.4 Å². The quantitative estimate of drug-likeness (QED) is 0.266. The van der Waals surface area contributed by atoms with Crippen molar-refractivity contribution in [2.24, 2.45) is 0 Å². The van der Waals surface area contributed by atoms with E-state index in [1.54, 1.807) is 11.5 Å². The Labute approximate surface area is 209 Å². The third-order valence-corrected chi connectivity index (χ3v) is 5.56. The van der Waals surface area contributed by atoms with Gasteiger partial charge >= 0.3 is 12.4 Å². The number of allylic oxidation sites excluding steroid dienone is 1. The zero-order valence-corrected chi connectivity index (χ0v) is 20.9. The predicted octanol–water partition coefficient (Wildman–Crippen LogP) is 7.05. The molecule has 0 aromatic heterocycles. The number of carbonyl (C=O) groups excluding carboxylic acids is 2. The van der Waals surface area contributed by atoms with Gasteiger partial charge in [0.2, 0.25) is 5.91 Å². The number of halogens is 9. The summed E-state index contributed by atoms with van der Waals surface area (Å²) in [6.45, 7) is 0. The molecule has 0 saturated carbocycles. The first-order valence-electron chi connectivity index (χ1n) is 8.82. The van der Waals surface area contributed by atoms with Crippen molar-refractivity contribution < 1.29 is 35.9 Å². The number of hydrazine groups is 1. The third-order valence-electron chi connectivity index (χ3n) is 3.99. The van der Waals surface area contributed by atoms with E-state index < -0.39 is 36.5 Å². The second kappa shape index (κ2) is 11.0. The number of nitrogens with one attached hydrogen (secondary N) is 2. The van der Waals surface area contributed by atoms with Gasteiger partial charge in [-0.15, -0.1) is 0 Å². The van der Waals surface area contributed by atoms with Crippen LogP contribution in [0, 0.1) is 0 Å². The number of amides is 2. The minimum Gasteiger partial charge on any atom is -0.273 e. The Balaban J connectivity index is 2.17. The molecule has 0 aliphatic heterocycles. The van der Waals surface area contributed by atoms with Crippen LogP contribution in [0.5, 0.6) is 0 Å². The molecule has 0 saturated heterocycles. The molecule has 0 heterocycles. The fourth-order valence-electron chi connectivity index (χ4n) is 2.61. The van der Waals surface area contributed by atoms with Gasteiger partial charge in [0.15, 0.2) is 0 Å². The lowest BCUT2D eigenvalue weighted by molar-refractivity contribution is -0.154. The van der Waals surface area contributed by atoms with Crippen LogP contribution in [0.2, 0.25) is 0 Å². The summed E-state index contributed by atoms with van der Waals surface area (Å²) >= 11 is 9.42. The molecule has 0 aliphatic rings. The Morgan fingerprint density at radius 1 is 0.909 bits per heavy atom. The summed E-state index contributed by atoms with van der Waals surface area (Å²) < 4.78 is 78.4. The van der Waals surface area contributed by atoms with Crippen LogP contribution in [0.3, 0.4) is 0 Å². The number of alkyl halides is 6. The van der Waals surface area contributed by atoms with Crippen LogP contribution < -0.4 is 10.9 Å². The zero-order chi connectivity index (χ0) is 25.0. The van der Waals surface area contributed by atoms with Crippen LogP contribution in [-0.2, 0) is 4.79 Å². The molecular weight excluding hydrogens is 654 g/mol. The highest BCUT2D eigenvalue weighted by Gasteiger charge is 2.39. The van der Waals surface area contributed by atoms with E-state index in [0.29, 0.717) is 14.5 Å². The highest BCUT2D eigenvalue weighted by Crippen LogP contribution is 2.38. The number of carbonyl (C=O) groups is 2. The lowest BCUT2D eigenvalue weighted by atomic mass is 9.97. The van der Waals surface area contributed by atoms with Gasteiger partial charge in [-0.25, -0.2) is 0 Å². The third kappa shape index (κ3) is 8.78. The second-order valence-electron chi connectivity index (χ2n) is 6.61. The molecule has 2 amide bonds. The monoisotopic (exact) mass is 664 g/mol. The normalized spacial score (nSPS) is 13.1. The first kappa shape index (κ1) is 27.4. The molecule has 0 fully saturated rings. The van der Waals surface area contributed by atoms with Gasteiger partial charge in [0.05, 0.1) is 11.5 Å². The highest BCUT2D eigenvalue weighted by atomic mass is 79.9. The molecule has 13 heteroatoms. The fourth-order valence-corrected chi connectivity index (χ4v) is 4.52. The minimum atomic E-state index is -4.73. The van der Waals surface area contributed by atoms with E-state index >= 15 is 0 Å². The molecule has 2 aromatic carbocycles. The van der Waals surface area contributed by atoms with E-state index in [0.717, 1.165) is 6.08 Å². The van der Waals surface area contributed by atoms with Crippen LogP contribution in [-0.4, -0.2) is 24.2 Å². The summed E-state index contributed by atoms with van der Waals surface area (Å²) in [6, 6.07) is 8.25. The van der Waals surface area contributed by atoms with Crippen molar-refractivity contribution in [3.63, 3.8) is 0 Å². The molecule has 33 heavy (non-hydrogen) atoms. The number of rotatable bonds is 5. The van der Waals surface area contributed by atoms with Crippen molar-refractivity contribution in [1.82, 2.24) is 10.9 Å². The topological polar surface area (TPSA) is 58.2 Å². The number of hydrogen-bond donors (Lipinski definition) is 2. The van der Waals surface area contributed by atoms with Crippen LogP contribution in [0.25, 0.3) is 6.08 Å². The maximum Gasteiger partial charge on any atom is 0.399 e. The summed E-state index contributed by atoms with van der Waals surface area (Å²) in [5, 5.41) is 0. The molecule has 0 aliphatic carbocycles. The van der Waals surface area contributed by atoms with Crippen molar-refractivity contribution in [3.8, 4) is 0 Å². The minimum absolute atomic E-state index is 0.00432. The van der Waals surface area contributed by atoms with Crippen LogP contribution >= 0.6 is 47.8 Å². The Morgan fingerprint density at radius 3 is 2.03 bits per heavy atom. The molecule has 0 spiro atoms. The highest BCUT2D eigenvalue weighted by molar-refractivity contribution is 9.11. The first-order valence-corrected chi connectivity index (χ1v) is 11.2. The smallest absolute Gasteiger partial charge is 0.273 e. The number of benzene rings is 2. The maximum absolute atomic E-state index is 13.6. The summed E-state index contributed by atoms with van der Waals surface area (Å²) in [5.74, 6) is -4.28. The van der Waals surface area contributed by atoms with E-state index in [9.17, 15) is 35.9 Å². The van der Waals surface area contributed by atoms with Crippen LogP contribution in [0.1, 0.15) is 33.8 Å². The van der Waals surface area contributed by atoms with Crippen molar-refractivity contribution in [2.75, 3.05) is 0 Å². The zero-order valence-electron chi connectivity index (χ0n) is 16.1. The van der Waals surface area contributed by atoms with Crippen molar-refractivity contribution >= 4 is 65.7 Å². The second-order valence-corrected chi connectivity index (χ2v) is 9.30. The van der Waals surface area contributed by atoms with Gasteiger partial charge in [-0.05, 0) is 57.4 Å². The van der Waals surface area contributed by atoms with E-state index in [1.807, 2.05) is 5.43 Å². The Morgan fingerprint density at radius 2 is 1.52 bits per heavy atom. The molecule has 1 atom stereocenters. The first-order chi connectivity index (χ1) is 15.2. The molecule has 178 valence electrons. The summed E-state index contributed by atoms with van der Waals surface area (Å²) in [7, 11) is 0. The summed E-state index contributed by atoms with van der Waals surface area (Å²) in [6.07, 6.45) is -8.88. The maximum atomic E-state index is 13.6. The van der Waals surface area contributed by atoms with Gasteiger partial charge in [0.25, 0.3) is 5.91 Å². The van der Waals surface area contributed by atoms with E-state index in [-0.39, 0.29) is 15.6 Å². The summed E-state index contributed by atoms with van der Waals surface area (Å²) in [5.41, 5.74) is 3.75. The Hall–Kier alpha value is -1.86. The van der Waals surface area contributed by atoms with Gasteiger partial charge in [-0.3, -0.25) is 20.4 Å². The Bertz CT molecular complexity index is 1050. The average molecular weight is 667 g/mol. The molecule has 0 radical (unpaired) electrons. The van der Waals surface area contributed by atoms with E-state index in [1.165, 1.54) is 36.4 Å². The molecular formula is C20H13Br3F6N2O2. The standard InChI is InChI=1S/C20H13Br3F6N2O2/c21-12-6-11(7-13(22)8-12)15(20(27,28)29)4-2-10-1-3-14(16(23)5-10)18(33)31-30-17(32)9-19(24,25)26/h1-8,15H,9H2,(H,30,32)(H,31,33). The van der Waals surface area contributed by atoms with Crippen LogP contribution in [0.4, 0.5) is 26.3 Å². The largest absolute Gasteiger partial charge is 0.399 e. The van der Waals surface area contributed by atoms with Crippen molar-refractivity contribution in [3.05, 3.63) is 72.6 Å². The Kier molecular flexibility index (Phi) is 9.16. The molecule has 4 nitrogen and oxygen atoms in total. The number of hydrogen-bond acceptors (Lipinski definition) is 2. The molecule has 2 aromatic rings. The lowest BCUT2D eigenvalue weighted by Gasteiger charge is -2.18. The summed E-state index contributed by atoms with van der Waals surface area (Å²) in [4.78, 5) is 23.2. The predicted molar refractivity (Wildman–Crippen MR) is 120 cm³/mol. The molecule has 2 rings (SSSR count). The van der Waals surface area contributed by atoms with Crippen LogP contribution in [0.15, 0.2) is 55.9 Å². The van der Waals surface area contributed by atoms with E-state index in [4.69, 9.17) is 0 Å².